The summed E-state index contributed by atoms with van der Waals surface area (Å²) in [4.78, 5) is 0. The predicted octanol–water partition coefficient (Wildman–Crippen LogP) is 4.81. The Morgan fingerprint density at radius 2 is 1.56 bits per heavy atom. The first-order valence-electron chi connectivity index (χ1n) is 5.26. The Kier molecular flexibility index (Phi) is 3.30. The van der Waals surface area contributed by atoms with Crippen molar-refractivity contribution in [3.63, 3.8) is 0 Å². The first kappa shape index (κ1) is 11.2. The SMILES string of the molecule is Cc1cccc(Nc2ccccc2Br)c1C. The fraction of sp³-hybridized carbons (Fsp3) is 0.143. The lowest BCUT2D eigenvalue weighted by Crippen LogP contribution is -1.95. The maximum atomic E-state index is 3.53. The molecule has 0 aromatic heterocycles. The molecule has 0 unspecified atom stereocenters. The Morgan fingerprint density at radius 1 is 0.875 bits per heavy atom. The molecule has 0 heterocycles. The highest BCUT2D eigenvalue weighted by Gasteiger charge is 2.02. The van der Waals surface area contributed by atoms with Crippen LogP contribution in [-0.4, -0.2) is 0 Å². The first-order chi connectivity index (χ1) is 7.68. The summed E-state index contributed by atoms with van der Waals surface area (Å²) in [5.74, 6) is 0. The summed E-state index contributed by atoms with van der Waals surface area (Å²) in [6.07, 6.45) is 0. The Labute approximate surface area is 105 Å². The number of hydrogen-bond acceptors (Lipinski definition) is 1. The fourth-order valence-electron chi connectivity index (χ4n) is 1.59. The summed E-state index contributed by atoms with van der Waals surface area (Å²) in [6.45, 7) is 4.26. The summed E-state index contributed by atoms with van der Waals surface area (Å²) in [5.41, 5.74) is 4.85. The van der Waals surface area contributed by atoms with E-state index in [1.165, 1.54) is 11.1 Å². The molecule has 1 nitrogen and oxygen atoms in total. The normalized spacial score (nSPS) is 10.2. The van der Waals surface area contributed by atoms with Crippen LogP contribution in [0, 0.1) is 13.8 Å². The molecular weight excluding hydrogens is 262 g/mol. The van der Waals surface area contributed by atoms with Crippen molar-refractivity contribution < 1.29 is 0 Å². The van der Waals surface area contributed by atoms with E-state index in [0.29, 0.717) is 0 Å². The van der Waals surface area contributed by atoms with Crippen molar-refractivity contribution in [1.82, 2.24) is 0 Å². The number of rotatable bonds is 2. The van der Waals surface area contributed by atoms with Gasteiger partial charge in [0.2, 0.25) is 0 Å². The van der Waals surface area contributed by atoms with E-state index >= 15 is 0 Å². The van der Waals surface area contributed by atoms with Gasteiger partial charge in [0.1, 0.15) is 0 Å². The third-order valence-electron chi connectivity index (χ3n) is 2.75. The number of para-hydroxylation sites is 1. The minimum absolute atomic E-state index is 1.08. The van der Waals surface area contributed by atoms with E-state index in [4.69, 9.17) is 0 Å². The second-order valence-corrected chi connectivity index (χ2v) is 4.71. The van der Waals surface area contributed by atoms with Crippen molar-refractivity contribution in [3.05, 3.63) is 58.1 Å². The molecule has 0 aliphatic carbocycles. The van der Waals surface area contributed by atoms with E-state index in [9.17, 15) is 0 Å². The minimum Gasteiger partial charge on any atom is -0.354 e. The van der Waals surface area contributed by atoms with Gasteiger partial charge < -0.3 is 5.32 Å². The standard InChI is InChI=1S/C14H14BrN/c1-10-6-5-9-13(11(10)2)16-14-8-4-3-7-12(14)15/h3-9,16H,1-2H3. The zero-order valence-corrected chi connectivity index (χ0v) is 11.0. The highest BCUT2D eigenvalue weighted by molar-refractivity contribution is 9.10. The molecule has 0 aliphatic heterocycles. The zero-order valence-electron chi connectivity index (χ0n) is 9.42. The molecule has 2 rings (SSSR count). The van der Waals surface area contributed by atoms with Crippen LogP contribution >= 0.6 is 15.9 Å². The van der Waals surface area contributed by atoms with E-state index < -0.39 is 0 Å². The van der Waals surface area contributed by atoms with Crippen molar-refractivity contribution in [2.75, 3.05) is 5.32 Å². The van der Waals surface area contributed by atoms with Crippen LogP contribution in [-0.2, 0) is 0 Å². The number of benzene rings is 2. The van der Waals surface area contributed by atoms with Gasteiger partial charge in [-0.1, -0.05) is 24.3 Å². The molecule has 2 aromatic carbocycles. The number of hydrogen-bond donors (Lipinski definition) is 1. The van der Waals surface area contributed by atoms with Crippen LogP contribution in [0.15, 0.2) is 46.9 Å². The molecule has 16 heavy (non-hydrogen) atoms. The molecule has 1 N–H and O–H groups in total. The van der Waals surface area contributed by atoms with Crippen molar-refractivity contribution in [2.45, 2.75) is 13.8 Å². The highest BCUT2D eigenvalue weighted by Crippen LogP contribution is 2.27. The van der Waals surface area contributed by atoms with E-state index in [2.05, 4.69) is 59.4 Å². The lowest BCUT2D eigenvalue weighted by Gasteiger charge is -2.12. The second-order valence-electron chi connectivity index (χ2n) is 3.85. The second kappa shape index (κ2) is 4.71. The zero-order chi connectivity index (χ0) is 11.5. The monoisotopic (exact) mass is 275 g/mol. The smallest absolute Gasteiger partial charge is 0.0528 e. The van der Waals surface area contributed by atoms with Crippen molar-refractivity contribution in [2.24, 2.45) is 0 Å². The summed E-state index contributed by atoms with van der Waals surface area (Å²) in [7, 11) is 0. The number of anilines is 2. The molecule has 0 fully saturated rings. The van der Waals surface area contributed by atoms with Crippen LogP contribution in [0.25, 0.3) is 0 Å². The van der Waals surface area contributed by atoms with Gasteiger partial charge in [-0.15, -0.1) is 0 Å². The summed E-state index contributed by atoms with van der Waals surface area (Å²) < 4.78 is 1.08. The first-order valence-corrected chi connectivity index (χ1v) is 6.05. The number of nitrogens with one attached hydrogen (secondary N) is 1. The van der Waals surface area contributed by atoms with Crippen LogP contribution in [0.4, 0.5) is 11.4 Å². The van der Waals surface area contributed by atoms with E-state index in [1.54, 1.807) is 0 Å². The summed E-state index contributed by atoms with van der Waals surface area (Å²) >= 11 is 3.53. The fourth-order valence-corrected chi connectivity index (χ4v) is 1.98. The molecule has 0 aliphatic rings. The molecule has 2 aromatic rings. The largest absolute Gasteiger partial charge is 0.354 e. The van der Waals surface area contributed by atoms with Gasteiger partial charge in [0.25, 0.3) is 0 Å². The summed E-state index contributed by atoms with van der Waals surface area (Å²) in [6, 6.07) is 14.4. The van der Waals surface area contributed by atoms with Crippen LogP contribution < -0.4 is 5.32 Å². The van der Waals surface area contributed by atoms with E-state index in [0.717, 1.165) is 15.8 Å². The van der Waals surface area contributed by atoms with Gasteiger partial charge in [0.05, 0.1) is 5.69 Å². The van der Waals surface area contributed by atoms with Gasteiger partial charge in [-0.2, -0.15) is 0 Å². The molecule has 0 saturated heterocycles. The Hall–Kier alpha value is -1.28. The molecule has 0 amide bonds. The molecule has 2 heteroatoms. The number of aryl methyl sites for hydroxylation is 1. The topological polar surface area (TPSA) is 12.0 Å². The van der Waals surface area contributed by atoms with Crippen molar-refractivity contribution in [3.8, 4) is 0 Å². The van der Waals surface area contributed by atoms with Gasteiger partial charge in [0, 0.05) is 10.2 Å². The number of halogens is 1. The van der Waals surface area contributed by atoms with Crippen LogP contribution in [0.3, 0.4) is 0 Å². The Balaban J connectivity index is 2.35. The maximum absolute atomic E-state index is 3.53. The maximum Gasteiger partial charge on any atom is 0.0528 e. The van der Waals surface area contributed by atoms with Crippen LogP contribution in [0.2, 0.25) is 0 Å². The van der Waals surface area contributed by atoms with E-state index in [1.807, 2.05) is 18.2 Å². The molecule has 0 saturated carbocycles. The minimum atomic E-state index is 1.08. The highest BCUT2D eigenvalue weighted by atomic mass is 79.9. The van der Waals surface area contributed by atoms with Crippen LogP contribution in [0.5, 0.6) is 0 Å². The average Bonchev–Trinajstić information content (AvgIpc) is 2.28. The molecule has 0 spiro atoms. The van der Waals surface area contributed by atoms with Gasteiger partial charge in [-0.25, -0.2) is 0 Å². The molecular formula is C14H14BrN. The quantitative estimate of drug-likeness (QED) is 0.830. The van der Waals surface area contributed by atoms with Crippen LogP contribution in [0.1, 0.15) is 11.1 Å². The summed E-state index contributed by atoms with van der Waals surface area (Å²) in [5, 5.41) is 3.43. The third-order valence-corrected chi connectivity index (χ3v) is 3.44. The molecule has 0 bridgehead atoms. The Morgan fingerprint density at radius 3 is 2.31 bits per heavy atom. The molecule has 82 valence electrons. The predicted molar refractivity (Wildman–Crippen MR) is 73.3 cm³/mol. The van der Waals surface area contributed by atoms with Gasteiger partial charge in [-0.05, 0) is 59.1 Å². The lowest BCUT2D eigenvalue weighted by atomic mass is 10.1. The van der Waals surface area contributed by atoms with E-state index in [-0.39, 0.29) is 0 Å². The van der Waals surface area contributed by atoms with Gasteiger partial charge in [0.15, 0.2) is 0 Å². The van der Waals surface area contributed by atoms with Gasteiger partial charge >= 0.3 is 0 Å². The Bertz CT molecular complexity index is 506. The van der Waals surface area contributed by atoms with Gasteiger partial charge in [-0.3, -0.25) is 0 Å². The lowest BCUT2D eigenvalue weighted by molar-refractivity contribution is 1.33. The van der Waals surface area contributed by atoms with Crippen molar-refractivity contribution in [1.29, 1.82) is 0 Å². The molecule has 0 radical (unpaired) electrons. The third kappa shape index (κ3) is 2.27. The molecule has 0 atom stereocenters. The van der Waals surface area contributed by atoms with Crippen molar-refractivity contribution >= 4 is 27.3 Å². The average molecular weight is 276 g/mol.